The van der Waals surface area contributed by atoms with Gasteiger partial charge in [0, 0.05) is 26.2 Å². The number of rotatable bonds is 6. The first-order valence-corrected chi connectivity index (χ1v) is 7.01. The molecule has 17 heavy (non-hydrogen) atoms. The molecular formula is C14H30N2O. The maximum Gasteiger partial charge on any atom is 0.0678 e. The predicted molar refractivity (Wildman–Crippen MR) is 73.4 cm³/mol. The van der Waals surface area contributed by atoms with Gasteiger partial charge in [0.25, 0.3) is 0 Å². The normalized spacial score (nSPS) is 30.2. The van der Waals surface area contributed by atoms with Gasteiger partial charge in [-0.15, -0.1) is 0 Å². The topological polar surface area (TPSA) is 24.5 Å². The zero-order chi connectivity index (χ0) is 12.9. The quantitative estimate of drug-likeness (QED) is 0.772. The van der Waals surface area contributed by atoms with Crippen LogP contribution in [-0.4, -0.2) is 50.3 Å². The van der Waals surface area contributed by atoms with Crippen LogP contribution < -0.4 is 5.32 Å². The highest BCUT2D eigenvalue weighted by Crippen LogP contribution is 2.25. The van der Waals surface area contributed by atoms with E-state index in [1.54, 1.807) is 0 Å². The minimum Gasteiger partial charge on any atom is -0.373 e. The molecule has 3 nitrogen and oxygen atoms in total. The summed E-state index contributed by atoms with van der Waals surface area (Å²) in [5.41, 5.74) is 0.389. The molecule has 0 radical (unpaired) electrons. The molecule has 0 aliphatic carbocycles. The summed E-state index contributed by atoms with van der Waals surface area (Å²) < 4.78 is 5.79. The fourth-order valence-electron chi connectivity index (χ4n) is 3.21. The standard InChI is InChI=1S/C14H30N2O/c1-6-7-14(4,10-15-5)11-16-8-12(2)17-13(3)9-16/h12-13,15H,6-11H2,1-5H3. The van der Waals surface area contributed by atoms with Crippen molar-refractivity contribution in [3.05, 3.63) is 0 Å². The van der Waals surface area contributed by atoms with Crippen molar-refractivity contribution in [1.82, 2.24) is 10.2 Å². The first-order chi connectivity index (χ1) is 7.99. The largest absolute Gasteiger partial charge is 0.373 e. The van der Waals surface area contributed by atoms with Crippen molar-refractivity contribution in [3.8, 4) is 0 Å². The van der Waals surface area contributed by atoms with E-state index >= 15 is 0 Å². The lowest BCUT2D eigenvalue weighted by Crippen LogP contribution is -2.50. The fourth-order valence-corrected chi connectivity index (χ4v) is 3.21. The minimum absolute atomic E-state index is 0.374. The molecule has 1 rings (SSSR count). The Morgan fingerprint density at radius 1 is 1.29 bits per heavy atom. The van der Waals surface area contributed by atoms with E-state index in [9.17, 15) is 0 Å². The zero-order valence-corrected chi connectivity index (χ0v) is 12.3. The van der Waals surface area contributed by atoms with Gasteiger partial charge < -0.3 is 10.1 Å². The second-order valence-corrected chi connectivity index (χ2v) is 6.04. The number of nitrogens with zero attached hydrogens (tertiary/aromatic N) is 1. The van der Waals surface area contributed by atoms with E-state index < -0.39 is 0 Å². The summed E-state index contributed by atoms with van der Waals surface area (Å²) in [6, 6.07) is 0. The molecule has 1 saturated heterocycles. The Balaban J connectivity index is 2.53. The van der Waals surface area contributed by atoms with Gasteiger partial charge in [0.2, 0.25) is 0 Å². The number of hydrogen-bond acceptors (Lipinski definition) is 3. The summed E-state index contributed by atoms with van der Waals surface area (Å²) in [5.74, 6) is 0. The van der Waals surface area contributed by atoms with E-state index in [4.69, 9.17) is 4.74 Å². The van der Waals surface area contributed by atoms with Crippen molar-refractivity contribution >= 4 is 0 Å². The molecule has 0 spiro atoms. The van der Waals surface area contributed by atoms with Crippen molar-refractivity contribution < 1.29 is 4.74 Å². The van der Waals surface area contributed by atoms with Crippen LogP contribution in [0, 0.1) is 5.41 Å². The lowest BCUT2D eigenvalue weighted by Gasteiger charge is -2.41. The number of ether oxygens (including phenoxy) is 1. The molecule has 0 saturated carbocycles. The molecule has 0 amide bonds. The molecule has 0 bridgehead atoms. The molecule has 1 aliphatic rings. The summed E-state index contributed by atoms with van der Waals surface area (Å²) in [5, 5.41) is 3.35. The lowest BCUT2D eigenvalue weighted by molar-refractivity contribution is -0.0770. The maximum atomic E-state index is 5.79. The Morgan fingerprint density at radius 3 is 2.35 bits per heavy atom. The fraction of sp³-hybridized carbons (Fsp3) is 1.00. The highest BCUT2D eigenvalue weighted by Gasteiger charge is 2.29. The van der Waals surface area contributed by atoms with Crippen molar-refractivity contribution in [2.45, 2.75) is 52.7 Å². The number of nitrogens with one attached hydrogen (secondary N) is 1. The van der Waals surface area contributed by atoms with Crippen LogP contribution in [0.2, 0.25) is 0 Å². The average Bonchev–Trinajstić information content (AvgIpc) is 2.15. The van der Waals surface area contributed by atoms with Crippen LogP contribution in [0.25, 0.3) is 0 Å². The Labute approximate surface area is 107 Å². The molecule has 0 aromatic rings. The van der Waals surface area contributed by atoms with Gasteiger partial charge in [0.05, 0.1) is 12.2 Å². The molecule has 0 aromatic heterocycles. The van der Waals surface area contributed by atoms with Gasteiger partial charge in [-0.25, -0.2) is 0 Å². The van der Waals surface area contributed by atoms with E-state index in [1.165, 1.54) is 19.4 Å². The molecule has 1 fully saturated rings. The zero-order valence-electron chi connectivity index (χ0n) is 12.3. The second-order valence-electron chi connectivity index (χ2n) is 6.04. The van der Waals surface area contributed by atoms with Gasteiger partial charge in [-0.05, 0) is 32.7 Å². The first kappa shape index (κ1) is 14.9. The monoisotopic (exact) mass is 242 g/mol. The van der Waals surface area contributed by atoms with Gasteiger partial charge in [0.15, 0.2) is 0 Å². The van der Waals surface area contributed by atoms with Gasteiger partial charge in [-0.2, -0.15) is 0 Å². The summed E-state index contributed by atoms with van der Waals surface area (Å²) >= 11 is 0. The molecule has 3 atom stereocenters. The van der Waals surface area contributed by atoms with Gasteiger partial charge >= 0.3 is 0 Å². The van der Waals surface area contributed by atoms with Crippen LogP contribution in [0.4, 0.5) is 0 Å². The van der Waals surface area contributed by atoms with Gasteiger partial charge in [-0.1, -0.05) is 20.3 Å². The highest BCUT2D eigenvalue weighted by atomic mass is 16.5. The minimum atomic E-state index is 0.374. The molecule has 3 unspecified atom stereocenters. The average molecular weight is 242 g/mol. The Morgan fingerprint density at radius 2 is 1.88 bits per heavy atom. The second kappa shape index (κ2) is 6.72. The van der Waals surface area contributed by atoms with Gasteiger partial charge in [-0.3, -0.25) is 4.90 Å². The van der Waals surface area contributed by atoms with Crippen LogP contribution in [0.3, 0.4) is 0 Å². The van der Waals surface area contributed by atoms with E-state index in [0.717, 1.165) is 19.6 Å². The Kier molecular flexibility index (Phi) is 5.90. The smallest absolute Gasteiger partial charge is 0.0678 e. The van der Waals surface area contributed by atoms with E-state index in [1.807, 2.05) is 0 Å². The third-order valence-corrected chi connectivity index (χ3v) is 3.56. The summed E-state index contributed by atoms with van der Waals surface area (Å²) in [7, 11) is 2.05. The van der Waals surface area contributed by atoms with Crippen molar-refractivity contribution in [2.24, 2.45) is 5.41 Å². The SMILES string of the molecule is CCCC(C)(CNC)CN1CC(C)OC(C)C1. The summed E-state index contributed by atoms with van der Waals surface area (Å²) in [6.45, 7) is 13.5. The van der Waals surface area contributed by atoms with E-state index in [0.29, 0.717) is 17.6 Å². The number of hydrogen-bond donors (Lipinski definition) is 1. The molecular weight excluding hydrogens is 212 g/mol. The van der Waals surface area contributed by atoms with Crippen LogP contribution in [0.5, 0.6) is 0 Å². The van der Waals surface area contributed by atoms with Crippen molar-refractivity contribution in [3.63, 3.8) is 0 Å². The van der Waals surface area contributed by atoms with Crippen LogP contribution in [0.15, 0.2) is 0 Å². The van der Waals surface area contributed by atoms with Crippen molar-refractivity contribution in [2.75, 3.05) is 33.2 Å². The van der Waals surface area contributed by atoms with E-state index in [-0.39, 0.29) is 0 Å². The van der Waals surface area contributed by atoms with Crippen LogP contribution in [0.1, 0.15) is 40.5 Å². The number of morpholine rings is 1. The lowest BCUT2D eigenvalue weighted by atomic mass is 9.84. The third-order valence-electron chi connectivity index (χ3n) is 3.56. The Hall–Kier alpha value is -0.120. The maximum absolute atomic E-state index is 5.79. The first-order valence-electron chi connectivity index (χ1n) is 7.01. The highest BCUT2D eigenvalue weighted by molar-refractivity contribution is 4.83. The van der Waals surface area contributed by atoms with Gasteiger partial charge in [0.1, 0.15) is 0 Å². The molecule has 1 aliphatic heterocycles. The predicted octanol–water partition coefficient (Wildman–Crippen LogP) is 2.12. The van der Waals surface area contributed by atoms with Crippen LogP contribution >= 0.6 is 0 Å². The van der Waals surface area contributed by atoms with Crippen LogP contribution in [-0.2, 0) is 4.74 Å². The summed E-state index contributed by atoms with van der Waals surface area (Å²) in [4.78, 5) is 2.58. The third kappa shape index (κ3) is 4.94. The molecule has 0 aromatic carbocycles. The molecule has 1 N–H and O–H groups in total. The Bertz CT molecular complexity index is 204. The molecule has 1 heterocycles. The summed E-state index contributed by atoms with van der Waals surface area (Å²) in [6.07, 6.45) is 3.29. The molecule has 102 valence electrons. The van der Waals surface area contributed by atoms with E-state index in [2.05, 4.69) is 45.0 Å². The molecule has 3 heteroatoms. The van der Waals surface area contributed by atoms with Crippen molar-refractivity contribution in [1.29, 1.82) is 0 Å².